The summed E-state index contributed by atoms with van der Waals surface area (Å²) in [6.07, 6.45) is 1.70. The number of benzene rings is 1. The molecule has 0 atom stereocenters. The maximum atomic E-state index is 12.1. The van der Waals surface area contributed by atoms with Crippen LogP contribution in [-0.4, -0.2) is 47.4 Å². The summed E-state index contributed by atoms with van der Waals surface area (Å²) in [7, 11) is 0. The zero-order chi connectivity index (χ0) is 13.8. The van der Waals surface area contributed by atoms with Gasteiger partial charge < -0.3 is 15.0 Å². The number of rotatable bonds is 2. The van der Waals surface area contributed by atoms with Crippen LogP contribution in [0.5, 0.6) is 0 Å². The summed E-state index contributed by atoms with van der Waals surface area (Å²) < 4.78 is 5.24. The van der Waals surface area contributed by atoms with Crippen LogP contribution in [0, 0.1) is 0 Å². The minimum Gasteiger partial charge on any atom is -0.378 e. The fourth-order valence-electron chi connectivity index (χ4n) is 2.15. The van der Waals surface area contributed by atoms with E-state index in [9.17, 15) is 4.79 Å². The second-order valence-electron chi connectivity index (χ2n) is 4.58. The van der Waals surface area contributed by atoms with Crippen LogP contribution in [0.4, 0.5) is 10.5 Å². The van der Waals surface area contributed by atoms with Crippen LogP contribution in [-0.2, 0) is 4.74 Å². The molecule has 1 aromatic carbocycles. The first kappa shape index (κ1) is 12.7. The molecule has 6 nitrogen and oxygen atoms in total. The summed E-state index contributed by atoms with van der Waals surface area (Å²) in [5, 5.41) is 9.75. The van der Waals surface area contributed by atoms with Crippen LogP contribution in [0.1, 0.15) is 0 Å². The second kappa shape index (κ2) is 5.75. The predicted octanol–water partition coefficient (Wildman–Crippen LogP) is 1.94. The number of carbonyl (C=O) groups excluding carboxylic acids is 1. The first-order valence-corrected chi connectivity index (χ1v) is 6.56. The normalized spacial score (nSPS) is 15.1. The van der Waals surface area contributed by atoms with E-state index >= 15 is 0 Å². The molecule has 104 valence electrons. The van der Waals surface area contributed by atoms with E-state index in [0.29, 0.717) is 26.3 Å². The highest BCUT2D eigenvalue weighted by molar-refractivity contribution is 5.90. The molecule has 0 spiro atoms. The van der Waals surface area contributed by atoms with Crippen LogP contribution in [0.25, 0.3) is 11.3 Å². The zero-order valence-corrected chi connectivity index (χ0v) is 11.0. The first-order chi connectivity index (χ1) is 9.83. The number of urea groups is 1. The number of nitrogens with one attached hydrogen (secondary N) is 2. The lowest BCUT2D eigenvalue weighted by molar-refractivity contribution is 0.0564. The van der Waals surface area contributed by atoms with E-state index in [2.05, 4.69) is 15.5 Å². The van der Waals surface area contributed by atoms with Crippen molar-refractivity contribution in [3.63, 3.8) is 0 Å². The summed E-state index contributed by atoms with van der Waals surface area (Å²) >= 11 is 0. The Kier molecular flexibility index (Phi) is 3.64. The number of hydrogen-bond donors (Lipinski definition) is 2. The predicted molar refractivity (Wildman–Crippen MR) is 75.4 cm³/mol. The van der Waals surface area contributed by atoms with Gasteiger partial charge in [-0.1, -0.05) is 12.1 Å². The fraction of sp³-hybridized carbons (Fsp3) is 0.286. The molecular weight excluding hydrogens is 256 g/mol. The van der Waals surface area contributed by atoms with Gasteiger partial charge in [-0.2, -0.15) is 5.10 Å². The lowest BCUT2D eigenvalue weighted by atomic mass is 10.1. The highest BCUT2D eigenvalue weighted by Gasteiger charge is 2.16. The summed E-state index contributed by atoms with van der Waals surface area (Å²) in [4.78, 5) is 13.9. The van der Waals surface area contributed by atoms with Gasteiger partial charge in [0.1, 0.15) is 0 Å². The van der Waals surface area contributed by atoms with E-state index in [-0.39, 0.29) is 6.03 Å². The highest BCUT2D eigenvalue weighted by Crippen LogP contribution is 2.20. The number of anilines is 1. The van der Waals surface area contributed by atoms with E-state index in [1.807, 2.05) is 30.3 Å². The SMILES string of the molecule is O=C(Nc1cccc(-c2ccn[nH]2)c1)N1CCOCC1. The molecule has 20 heavy (non-hydrogen) atoms. The molecule has 0 radical (unpaired) electrons. The Bertz CT molecular complexity index is 577. The van der Waals surface area contributed by atoms with Crippen LogP contribution in [0.2, 0.25) is 0 Å². The number of amides is 2. The fourth-order valence-corrected chi connectivity index (χ4v) is 2.15. The van der Waals surface area contributed by atoms with E-state index in [1.54, 1.807) is 11.1 Å². The van der Waals surface area contributed by atoms with Crippen molar-refractivity contribution in [1.29, 1.82) is 0 Å². The van der Waals surface area contributed by atoms with Crippen molar-refractivity contribution in [2.45, 2.75) is 0 Å². The molecule has 2 N–H and O–H groups in total. The molecule has 2 heterocycles. The third-order valence-corrected chi connectivity index (χ3v) is 3.22. The van der Waals surface area contributed by atoms with Gasteiger partial charge in [0.2, 0.25) is 0 Å². The standard InChI is InChI=1S/C14H16N4O2/c19-14(18-6-8-20-9-7-18)16-12-3-1-2-11(10-12)13-4-5-15-17-13/h1-5,10H,6-9H2,(H,15,17)(H,16,19). The molecule has 1 saturated heterocycles. The van der Waals surface area contributed by atoms with Crippen molar-refractivity contribution in [2.75, 3.05) is 31.6 Å². The van der Waals surface area contributed by atoms with Gasteiger partial charge >= 0.3 is 6.03 Å². The first-order valence-electron chi connectivity index (χ1n) is 6.56. The number of nitrogens with zero attached hydrogens (tertiary/aromatic N) is 2. The van der Waals surface area contributed by atoms with Crippen LogP contribution in [0.15, 0.2) is 36.5 Å². The average molecular weight is 272 g/mol. The molecule has 2 amide bonds. The number of aromatic nitrogens is 2. The molecule has 0 saturated carbocycles. The minimum absolute atomic E-state index is 0.0879. The van der Waals surface area contributed by atoms with Gasteiger partial charge in [0.15, 0.2) is 0 Å². The van der Waals surface area contributed by atoms with E-state index in [0.717, 1.165) is 16.9 Å². The highest BCUT2D eigenvalue weighted by atomic mass is 16.5. The van der Waals surface area contributed by atoms with Crippen molar-refractivity contribution in [1.82, 2.24) is 15.1 Å². The quantitative estimate of drug-likeness (QED) is 0.877. The van der Waals surface area contributed by atoms with Crippen molar-refractivity contribution in [3.05, 3.63) is 36.5 Å². The number of morpholine rings is 1. The molecule has 1 fully saturated rings. The van der Waals surface area contributed by atoms with E-state index in [4.69, 9.17) is 4.74 Å². The van der Waals surface area contributed by atoms with E-state index in [1.165, 1.54) is 0 Å². The molecule has 0 unspecified atom stereocenters. The second-order valence-corrected chi connectivity index (χ2v) is 4.58. The van der Waals surface area contributed by atoms with Gasteiger partial charge in [0.25, 0.3) is 0 Å². The number of hydrogen-bond acceptors (Lipinski definition) is 3. The van der Waals surface area contributed by atoms with Gasteiger partial charge in [-0.05, 0) is 18.2 Å². The molecule has 1 aliphatic heterocycles. The number of carbonyl (C=O) groups is 1. The molecule has 1 aliphatic rings. The largest absolute Gasteiger partial charge is 0.378 e. The third kappa shape index (κ3) is 2.80. The minimum atomic E-state index is -0.0879. The van der Waals surface area contributed by atoms with Crippen molar-refractivity contribution >= 4 is 11.7 Å². The van der Waals surface area contributed by atoms with Crippen LogP contribution < -0.4 is 5.32 Å². The van der Waals surface area contributed by atoms with E-state index < -0.39 is 0 Å². The molecular formula is C14H16N4O2. The molecule has 0 aliphatic carbocycles. The topological polar surface area (TPSA) is 70.2 Å². The lowest BCUT2D eigenvalue weighted by Crippen LogP contribution is -2.43. The Morgan fingerprint density at radius 1 is 1.30 bits per heavy atom. The Hall–Kier alpha value is -2.34. The number of H-pyrrole nitrogens is 1. The summed E-state index contributed by atoms with van der Waals surface area (Å²) in [5.41, 5.74) is 2.68. The summed E-state index contributed by atoms with van der Waals surface area (Å²) in [6, 6.07) is 9.48. The van der Waals surface area contributed by atoms with Gasteiger partial charge in [0, 0.05) is 30.5 Å². The molecule has 6 heteroatoms. The van der Waals surface area contributed by atoms with Crippen LogP contribution in [0.3, 0.4) is 0 Å². The van der Waals surface area contributed by atoms with Gasteiger partial charge in [-0.25, -0.2) is 4.79 Å². The Labute approximate surface area is 116 Å². The Morgan fingerprint density at radius 3 is 2.90 bits per heavy atom. The van der Waals surface area contributed by atoms with Gasteiger partial charge in [-0.15, -0.1) is 0 Å². The van der Waals surface area contributed by atoms with Gasteiger partial charge in [-0.3, -0.25) is 5.10 Å². The molecule has 2 aromatic rings. The monoisotopic (exact) mass is 272 g/mol. The summed E-state index contributed by atoms with van der Waals surface area (Å²) in [5.74, 6) is 0. The average Bonchev–Trinajstić information content (AvgIpc) is 3.03. The lowest BCUT2D eigenvalue weighted by Gasteiger charge is -2.27. The maximum absolute atomic E-state index is 12.1. The maximum Gasteiger partial charge on any atom is 0.321 e. The Morgan fingerprint density at radius 2 is 2.15 bits per heavy atom. The Balaban J connectivity index is 1.71. The van der Waals surface area contributed by atoms with Crippen LogP contribution >= 0.6 is 0 Å². The molecule has 0 bridgehead atoms. The summed E-state index contributed by atoms with van der Waals surface area (Å²) in [6.45, 7) is 2.46. The van der Waals surface area contributed by atoms with Crippen molar-refractivity contribution < 1.29 is 9.53 Å². The molecule has 3 rings (SSSR count). The van der Waals surface area contributed by atoms with Crippen molar-refractivity contribution in [3.8, 4) is 11.3 Å². The zero-order valence-electron chi connectivity index (χ0n) is 11.0. The smallest absolute Gasteiger partial charge is 0.321 e. The third-order valence-electron chi connectivity index (χ3n) is 3.22. The van der Waals surface area contributed by atoms with Gasteiger partial charge in [0.05, 0.1) is 18.9 Å². The van der Waals surface area contributed by atoms with Crippen molar-refractivity contribution in [2.24, 2.45) is 0 Å². The number of ether oxygens (including phenoxy) is 1. The molecule has 1 aromatic heterocycles. The number of aromatic amines is 1.